The van der Waals surface area contributed by atoms with Crippen LogP contribution in [0.3, 0.4) is 0 Å². The van der Waals surface area contributed by atoms with Crippen molar-refractivity contribution >= 4 is 23.2 Å². The maximum absolute atomic E-state index is 6.44. The summed E-state index contributed by atoms with van der Waals surface area (Å²) in [4.78, 5) is 0. The summed E-state index contributed by atoms with van der Waals surface area (Å²) in [6.07, 6.45) is 0.922. The minimum Gasteiger partial charge on any atom is -0.369 e. The normalized spacial score (nSPS) is 26.4. The van der Waals surface area contributed by atoms with Crippen molar-refractivity contribution in [2.75, 3.05) is 0 Å². The van der Waals surface area contributed by atoms with E-state index in [0.29, 0.717) is 10.0 Å². The highest BCUT2D eigenvalue weighted by molar-refractivity contribution is 6.34. The second-order valence-electron chi connectivity index (χ2n) is 6.50. The van der Waals surface area contributed by atoms with E-state index >= 15 is 0 Å². The van der Waals surface area contributed by atoms with Crippen molar-refractivity contribution in [3.8, 4) is 0 Å². The average Bonchev–Trinajstić information content (AvgIpc) is 2.44. The standard InChI is InChI=1S/C15H21Cl2NO/c1-14(2)8-12(15(3,4)19-14)13(18)9-5-10(16)7-11(17)6-9/h5-7,12-13H,8,18H2,1-4H3. The lowest BCUT2D eigenvalue weighted by atomic mass is 9.79. The Kier molecular flexibility index (Phi) is 3.92. The summed E-state index contributed by atoms with van der Waals surface area (Å²) in [5.41, 5.74) is 7.01. The molecule has 19 heavy (non-hydrogen) atoms. The van der Waals surface area contributed by atoms with E-state index < -0.39 is 0 Å². The summed E-state index contributed by atoms with van der Waals surface area (Å²) >= 11 is 12.1. The first kappa shape index (κ1) is 15.1. The number of hydrogen-bond acceptors (Lipinski definition) is 2. The molecule has 0 aromatic heterocycles. The van der Waals surface area contributed by atoms with Gasteiger partial charge in [-0.1, -0.05) is 23.2 Å². The highest BCUT2D eigenvalue weighted by Gasteiger charge is 2.48. The molecule has 0 amide bonds. The lowest BCUT2D eigenvalue weighted by Gasteiger charge is -2.31. The van der Waals surface area contributed by atoms with E-state index in [1.165, 1.54) is 0 Å². The van der Waals surface area contributed by atoms with Crippen LogP contribution in [0.1, 0.15) is 45.7 Å². The van der Waals surface area contributed by atoms with Gasteiger partial charge in [0, 0.05) is 22.0 Å². The maximum Gasteiger partial charge on any atom is 0.0680 e. The molecular weight excluding hydrogens is 281 g/mol. The molecule has 106 valence electrons. The number of halogens is 2. The van der Waals surface area contributed by atoms with Crippen LogP contribution in [0.2, 0.25) is 10.0 Å². The maximum atomic E-state index is 6.44. The van der Waals surface area contributed by atoms with Crippen LogP contribution in [-0.2, 0) is 4.74 Å². The van der Waals surface area contributed by atoms with Crippen LogP contribution in [0.15, 0.2) is 18.2 Å². The van der Waals surface area contributed by atoms with E-state index in [1.807, 2.05) is 12.1 Å². The van der Waals surface area contributed by atoms with Gasteiger partial charge in [0.05, 0.1) is 11.2 Å². The van der Waals surface area contributed by atoms with Crippen LogP contribution in [0.25, 0.3) is 0 Å². The predicted octanol–water partition coefficient (Wildman–Crippen LogP) is 4.59. The Hall–Kier alpha value is -0.280. The van der Waals surface area contributed by atoms with Crippen LogP contribution >= 0.6 is 23.2 Å². The number of hydrogen-bond donors (Lipinski definition) is 1. The number of benzene rings is 1. The van der Waals surface area contributed by atoms with E-state index in [9.17, 15) is 0 Å². The fourth-order valence-electron chi connectivity index (χ4n) is 3.16. The summed E-state index contributed by atoms with van der Waals surface area (Å²) in [7, 11) is 0. The zero-order chi connectivity index (χ0) is 14.4. The molecule has 1 aromatic carbocycles. The zero-order valence-corrected chi connectivity index (χ0v) is 13.3. The van der Waals surface area contributed by atoms with Crippen LogP contribution < -0.4 is 5.73 Å². The molecule has 2 unspecified atom stereocenters. The second-order valence-corrected chi connectivity index (χ2v) is 7.38. The van der Waals surface area contributed by atoms with E-state index in [0.717, 1.165) is 12.0 Å². The van der Waals surface area contributed by atoms with Crippen molar-refractivity contribution in [2.24, 2.45) is 11.7 Å². The minimum absolute atomic E-state index is 0.132. The third-order valence-corrected chi connectivity index (χ3v) is 4.28. The summed E-state index contributed by atoms with van der Waals surface area (Å²) in [6.45, 7) is 8.40. The Bertz CT molecular complexity index is 465. The van der Waals surface area contributed by atoms with Gasteiger partial charge in [0.2, 0.25) is 0 Å². The zero-order valence-electron chi connectivity index (χ0n) is 11.8. The molecule has 1 aliphatic rings. The monoisotopic (exact) mass is 301 g/mol. The van der Waals surface area contributed by atoms with E-state index in [2.05, 4.69) is 27.7 Å². The van der Waals surface area contributed by atoms with Gasteiger partial charge in [0.25, 0.3) is 0 Å². The SMILES string of the molecule is CC1(C)CC(C(N)c2cc(Cl)cc(Cl)c2)C(C)(C)O1. The van der Waals surface area contributed by atoms with Gasteiger partial charge in [-0.05, 0) is 57.9 Å². The predicted molar refractivity (Wildman–Crippen MR) is 80.7 cm³/mol. The Morgan fingerprint density at radius 1 is 1.16 bits per heavy atom. The van der Waals surface area contributed by atoms with Gasteiger partial charge in [-0.2, -0.15) is 0 Å². The molecule has 1 aliphatic heterocycles. The van der Waals surface area contributed by atoms with Crippen molar-refractivity contribution in [1.82, 2.24) is 0 Å². The van der Waals surface area contributed by atoms with Gasteiger partial charge in [-0.3, -0.25) is 0 Å². The third kappa shape index (κ3) is 3.25. The Labute approximate surface area is 125 Å². The van der Waals surface area contributed by atoms with Crippen molar-refractivity contribution in [3.05, 3.63) is 33.8 Å². The molecule has 0 radical (unpaired) electrons. The van der Waals surface area contributed by atoms with Crippen molar-refractivity contribution < 1.29 is 4.74 Å². The smallest absolute Gasteiger partial charge is 0.0680 e. The van der Waals surface area contributed by atoms with E-state index in [1.54, 1.807) is 6.07 Å². The summed E-state index contributed by atoms with van der Waals surface area (Å²) < 4.78 is 6.11. The summed E-state index contributed by atoms with van der Waals surface area (Å²) in [5.74, 6) is 0.233. The largest absolute Gasteiger partial charge is 0.369 e. The van der Waals surface area contributed by atoms with Gasteiger partial charge < -0.3 is 10.5 Å². The van der Waals surface area contributed by atoms with Crippen LogP contribution in [-0.4, -0.2) is 11.2 Å². The molecular formula is C15H21Cl2NO. The first-order valence-corrected chi connectivity index (χ1v) is 7.28. The molecule has 1 aromatic rings. The van der Waals surface area contributed by atoms with Gasteiger partial charge >= 0.3 is 0 Å². The molecule has 0 saturated carbocycles. The summed E-state index contributed by atoms with van der Waals surface area (Å²) in [5, 5.41) is 1.24. The topological polar surface area (TPSA) is 35.2 Å². The molecule has 2 nitrogen and oxygen atoms in total. The van der Waals surface area contributed by atoms with Crippen molar-refractivity contribution in [3.63, 3.8) is 0 Å². The van der Waals surface area contributed by atoms with Gasteiger partial charge in [0.15, 0.2) is 0 Å². The number of ether oxygens (including phenoxy) is 1. The van der Waals surface area contributed by atoms with E-state index in [4.69, 9.17) is 33.7 Å². The first-order valence-electron chi connectivity index (χ1n) is 6.52. The quantitative estimate of drug-likeness (QED) is 0.867. The average molecular weight is 302 g/mol. The molecule has 0 spiro atoms. The van der Waals surface area contributed by atoms with Crippen LogP contribution in [0, 0.1) is 5.92 Å². The Morgan fingerprint density at radius 3 is 2.11 bits per heavy atom. The molecule has 0 aliphatic carbocycles. The molecule has 2 atom stereocenters. The van der Waals surface area contributed by atoms with Gasteiger partial charge in [0.1, 0.15) is 0 Å². The van der Waals surface area contributed by atoms with Gasteiger partial charge in [-0.15, -0.1) is 0 Å². The molecule has 2 N–H and O–H groups in total. The molecule has 1 heterocycles. The van der Waals surface area contributed by atoms with Crippen LogP contribution in [0.5, 0.6) is 0 Å². The van der Waals surface area contributed by atoms with Gasteiger partial charge in [-0.25, -0.2) is 0 Å². The Morgan fingerprint density at radius 2 is 1.68 bits per heavy atom. The molecule has 4 heteroatoms. The molecule has 0 bridgehead atoms. The number of nitrogens with two attached hydrogens (primary N) is 1. The fraction of sp³-hybridized carbons (Fsp3) is 0.600. The lowest BCUT2D eigenvalue weighted by Crippen LogP contribution is -2.35. The fourth-order valence-corrected chi connectivity index (χ4v) is 3.71. The van der Waals surface area contributed by atoms with E-state index in [-0.39, 0.29) is 23.2 Å². The number of rotatable bonds is 2. The Balaban J connectivity index is 2.31. The van der Waals surface area contributed by atoms with Crippen molar-refractivity contribution in [1.29, 1.82) is 0 Å². The second kappa shape index (κ2) is 4.92. The van der Waals surface area contributed by atoms with Crippen molar-refractivity contribution in [2.45, 2.75) is 51.4 Å². The molecule has 1 saturated heterocycles. The highest BCUT2D eigenvalue weighted by Crippen LogP contribution is 2.47. The highest BCUT2D eigenvalue weighted by atomic mass is 35.5. The lowest BCUT2D eigenvalue weighted by molar-refractivity contribution is -0.0767. The first-order chi connectivity index (χ1) is 8.61. The molecule has 1 fully saturated rings. The minimum atomic E-state index is -0.252. The molecule has 2 rings (SSSR count). The van der Waals surface area contributed by atoms with Crippen LogP contribution in [0.4, 0.5) is 0 Å². The third-order valence-electron chi connectivity index (χ3n) is 3.85. The summed E-state index contributed by atoms with van der Waals surface area (Å²) in [6, 6.07) is 5.37.